The first-order chi connectivity index (χ1) is 23.2. The van der Waals surface area contributed by atoms with Crippen molar-refractivity contribution < 1.29 is 18.9 Å². The molecule has 47 heavy (non-hydrogen) atoms. The lowest BCUT2D eigenvalue weighted by atomic mass is 9.66. The molecule has 228 valence electrons. The Balaban J connectivity index is 1.21. The molecule has 2 saturated heterocycles. The second-order valence-electron chi connectivity index (χ2n) is 12.9. The molecule has 7 aromatic rings. The van der Waals surface area contributed by atoms with Gasteiger partial charge in [-0.2, -0.15) is 0 Å². The lowest BCUT2D eigenvalue weighted by Gasteiger charge is -2.35. The summed E-state index contributed by atoms with van der Waals surface area (Å²) in [4.78, 5) is 0. The van der Waals surface area contributed by atoms with Crippen LogP contribution in [0.4, 0.5) is 0 Å². The molecule has 3 aliphatic rings. The van der Waals surface area contributed by atoms with Crippen LogP contribution in [0, 0.1) is 0 Å². The molecule has 2 aliphatic heterocycles. The number of rotatable bonds is 7. The van der Waals surface area contributed by atoms with Gasteiger partial charge in [-0.05, 0) is 102 Å². The number of epoxide rings is 1. The van der Waals surface area contributed by atoms with Crippen molar-refractivity contribution in [2.45, 2.75) is 24.2 Å². The third kappa shape index (κ3) is 4.29. The molecule has 3 unspecified atom stereocenters. The molecule has 3 atom stereocenters. The molecule has 10 rings (SSSR count). The van der Waals surface area contributed by atoms with Crippen LogP contribution >= 0.6 is 0 Å². The van der Waals surface area contributed by atoms with E-state index in [4.69, 9.17) is 18.9 Å². The van der Waals surface area contributed by atoms with Crippen LogP contribution in [0.5, 0.6) is 11.5 Å². The highest BCUT2D eigenvalue weighted by molar-refractivity contribution is 6.01. The SMILES string of the molecule is c1ccc2c(c1)-c1ccc3ccccc3c1C2(c1ccc2cc(OCC3CO3)ccc2c1)c1ccc2cc(OC3CCO3)ccc2c1. The van der Waals surface area contributed by atoms with Gasteiger partial charge in [-0.1, -0.05) is 97.1 Å². The fourth-order valence-corrected chi connectivity index (χ4v) is 7.74. The summed E-state index contributed by atoms with van der Waals surface area (Å²) in [6.45, 7) is 2.15. The molecular weight excluding hydrogens is 580 g/mol. The maximum atomic E-state index is 6.06. The monoisotopic (exact) mass is 612 g/mol. The standard InChI is InChI=1S/C43H32O4/c1-2-6-37-27(5-1)13-18-39-38-7-3-4-8-40(38)43(42(37)39,32-14-9-30-23-34(16-11-28(30)21-32)45-25-36-26-46-36)33-15-10-31-24-35(17-12-29(31)22-33)47-41-19-20-44-41/h1-18,21-24,36,41H,19-20,25-26H2. The fraction of sp³-hybridized carbons (Fsp3) is 0.163. The van der Waals surface area contributed by atoms with Crippen LogP contribution in [-0.4, -0.2) is 32.2 Å². The van der Waals surface area contributed by atoms with Crippen molar-refractivity contribution in [1.82, 2.24) is 0 Å². The van der Waals surface area contributed by atoms with E-state index in [2.05, 4.69) is 133 Å². The Labute approximate surface area is 273 Å². The average Bonchev–Trinajstić information content (AvgIpc) is 3.89. The van der Waals surface area contributed by atoms with Gasteiger partial charge in [0.05, 0.1) is 18.6 Å². The first-order valence-corrected chi connectivity index (χ1v) is 16.5. The van der Waals surface area contributed by atoms with Gasteiger partial charge in [0, 0.05) is 6.42 Å². The van der Waals surface area contributed by atoms with Crippen molar-refractivity contribution in [3.63, 3.8) is 0 Å². The molecule has 0 spiro atoms. The molecule has 7 aromatic carbocycles. The van der Waals surface area contributed by atoms with Gasteiger partial charge in [-0.3, -0.25) is 0 Å². The minimum Gasteiger partial charge on any atom is -0.491 e. The molecule has 4 nitrogen and oxygen atoms in total. The molecule has 0 aromatic heterocycles. The van der Waals surface area contributed by atoms with E-state index in [9.17, 15) is 0 Å². The van der Waals surface area contributed by atoms with E-state index in [-0.39, 0.29) is 12.4 Å². The minimum absolute atomic E-state index is 0.141. The van der Waals surface area contributed by atoms with E-state index in [1.165, 1.54) is 54.9 Å². The van der Waals surface area contributed by atoms with Gasteiger partial charge in [0.2, 0.25) is 6.29 Å². The van der Waals surface area contributed by atoms with Crippen molar-refractivity contribution in [2.75, 3.05) is 19.8 Å². The Hall–Kier alpha value is -5.16. The average molecular weight is 613 g/mol. The smallest absolute Gasteiger partial charge is 0.202 e. The summed E-state index contributed by atoms with van der Waals surface area (Å²) in [5, 5.41) is 7.18. The van der Waals surface area contributed by atoms with Crippen molar-refractivity contribution >= 4 is 32.3 Å². The van der Waals surface area contributed by atoms with Crippen molar-refractivity contribution in [3.8, 4) is 22.6 Å². The summed E-state index contributed by atoms with van der Waals surface area (Å²) < 4.78 is 23.0. The van der Waals surface area contributed by atoms with Crippen LogP contribution in [0.2, 0.25) is 0 Å². The summed E-state index contributed by atoms with van der Waals surface area (Å²) in [5.41, 5.74) is 7.15. The fourth-order valence-electron chi connectivity index (χ4n) is 7.74. The number of ether oxygens (including phenoxy) is 4. The topological polar surface area (TPSA) is 40.2 Å². The predicted molar refractivity (Wildman–Crippen MR) is 186 cm³/mol. The van der Waals surface area contributed by atoms with Crippen LogP contribution in [0.3, 0.4) is 0 Å². The molecule has 2 fully saturated rings. The zero-order valence-corrected chi connectivity index (χ0v) is 25.8. The van der Waals surface area contributed by atoms with Crippen molar-refractivity contribution in [1.29, 1.82) is 0 Å². The molecule has 0 N–H and O–H groups in total. The molecule has 0 radical (unpaired) electrons. The first kappa shape index (κ1) is 27.0. The van der Waals surface area contributed by atoms with E-state index >= 15 is 0 Å². The van der Waals surface area contributed by atoms with E-state index < -0.39 is 5.41 Å². The summed E-state index contributed by atoms with van der Waals surface area (Å²) in [7, 11) is 0. The van der Waals surface area contributed by atoms with E-state index in [1.54, 1.807) is 0 Å². The van der Waals surface area contributed by atoms with Gasteiger partial charge in [0.15, 0.2) is 0 Å². The Kier molecular flexibility index (Phi) is 5.99. The summed E-state index contributed by atoms with van der Waals surface area (Å²) >= 11 is 0. The van der Waals surface area contributed by atoms with E-state index in [0.717, 1.165) is 41.9 Å². The maximum Gasteiger partial charge on any atom is 0.202 e. The van der Waals surface area contributed by atoms with Gasteiger partial charge >= 0.3 is 0 Å². The molecule has 1 aliphatic carbocycles. The third-order valence-corrected chi connectivity index (χ3v) is 10.2. The van der Waals surface area contributed by atoms with Gasteiger partial charge in [0.25, 0.3) is 0 Å². The third-order valence-electron chi connectivity index (χ3n) is 10.2. The second-order valence-corrected chi connectivity index (χ2v) is 12.9. The zero-order valence-electron chi connectivity index (χ0n) is 25.8. The van der Waals surface area contributed by atoms with Crippen LogP contribution in [0.25, 0.3) is 43.4 Å². The zero-order chi connectivity index (χ0) is 31.0. The summed E-state index contributed by atoms with van der Waals surface area (Å²) in [6.07, 6.45) is 1.02. The minimum atomic E-state index is -0.539. The summed E-state index contributed by atoms with van der Waals surface area (Å²) in [5.74, 6) is 1.72. The Morgan fingerprint density at radius 3 is 1.98 bits per heavy atom. The van der Waals surface area contributed by atoms with Gasteiger partial charge in [-0.15, -0.1) is 0 Å². The van der Waals surface area contributed by atoms with Gasteiger partial charge < -0.3 is 18.9 Å². The lowest BCUT2D eigenvalue weighted by Crippen LogP contribution is -2.32. The highest BCUT2D eigenvalue weighted by Gasteiger charge is 2.47. The highest BCUT2D eigenvalue weighted by Crippen LogP contribution is 2.58. The second kappa shape index (κ2) is 10.4. The molecule has 0 saturated carbocycles. The largest absolute Gasteiger partial charge is 0.491 e. The summed E-state index contributed by atoms with van der Waals surface area (Å²) in [6, 6.07) is 49.1. The number of benzene rings is 7. The van der Waals surface area contributed by atoms with Crippen LogP contribution < -0.4 is 9.47 Å². The quantitative estimate of drug-likeness (QED) is 0.168. The Morgan fingerprint density at radius 1 is 0.596 bits per heavy atom. The molecular formula is C43H32O4. The lowest BCUT2D eigenvalue weighted by molar-refractivity contribution is -0.165. The maximum absolute atomic E-state index is 6.06. The number of fused-ring (bicyclic) bond motifs is 7. The van der Waals surface area contributed by atoms with Gasteiger partial charge in [0.1, 0.15) is 24.2 Å². The van der Waals surface area contributed by atoms with E-state index in [0.29, 0.717) is 6.61 Å². The Bertz CT molecular complexity index is 2350. The van der Waals surface area contributed by atoms with E-state index in [1.807, 2.05) is 0 Å². The number of hydrogen-bond donors (Lipinski definition) is 0. The highest BCUT2D eigenvalue weighted by atomic mass is 16.7. The molecule has 0 bridgehead atoms. The molecule has 4 heteroatoms. The first-order valence-electron chi connectivity index (χ1n) is 16.5. The number of hydrogen-bond acceptors (Lipinski definition) is 4. The normalized spacial score (nSPS) is 20.9. The van der Waals surface area contributed by atoms with Crippen LogP contribution in [0.1, 0.15) is 28.7 Å². The predicted octanol–water partition coefficient (Wildman–Crippen LogP) is 9.41. The van der Waals surface area contributed by atoms with Crippen LogP contribution in [-0.2, 0) is 14.9 Å². The van der Waals surface area contributed by atoms with Crippen molar-refractivity contribution in [3.05, 3.63) is 156 Å². The molecule has 2 heterocycles. The van der Waals surface area contributed by atoms with Crippen LogP contribution in [0.15, 0.2) is 133 Å². The molecule has 0 amide bonds. The van der Waals surface area contributed by atoms with Crippen molar-refractivity contribution in [2.24, 2.45) is 0 Å². The van der Waals surface area contributed by atoms with Gasteiger partial charge in [-0.25, -0.2) is 0 Å². The Morgan fingerprint density at radius 2 is 1.23 bits per heavy atom.